The summed E-state index contributed by atoms with van der Waals surface area (Å²) in [6.07, 6.45) is 0. The Hall–Kier alpha value is -3.53. The van der Waals surface area contributed by atoms with Crippen molar-refractivity contribution in [3.05, 3.63) is 52.2 Å². The summed E-state index contributed by atoms with van der Waals surface area (Å²) in [6, 6.07) is 8.95. The van der Waals surface area contributed by atoms with Crippen molar-refractivity contribution in [1.29, 1.82) is 0 Å². The summed E-state index contributed by atoms with van der Waals surface area (Å²) >= 11 is 1.35. The van der Waals surface area contributed by atoms with Crippen molar-refractivity contribution in [2.24, 2.45) is 0 Å². The molecule has 1 aliphatic rings. The monoisotopic (exact) mass is 414 g/mol. The zero-order valence-electron chi connectivity index (χ0n) is 15.7. The lowest BCUT2D eigenvalue weighted by molar-refractivity contribution is -0.143. The van der Waals surface area contributed by atoms with Crippen LogP contribution in [0.4, 0.5) is 10.5 Å². The van der Waals surface area contributed by atoms with Crippen LogP contribution in [0.5, 0.6) is 0 Å². The van der Waals surface area contributed by atoms with Gasteiger partial charge < -0.3 is 10.2 Å². The molecule has 0 radical (unpaired) electrons. The summed E-state index contributed by atoms with van der Waals surface area (Å²) in [5, 5.41) is 4.33. The van der Waals surface area contributed by atoms with Crippen LogP contribution in [-0.4, -0.2) is 65.0 Å². The first-order valence-electron chi connectivity index (χ1n) is 8.59. The smallest absolute Gasteiger partial charge is 0.335 e. The Morgan fingerprint density at radius 1 is 1.03 bits per heavy atom. The SMILES string of the molecule is CN(C)C(=O)c1cccc(NC(=O)CN2C(=O)C(=O)N(Cc3cccs3)C2=O)c1. The van der Waals surface area contributed by atoms with E-state index in [0.29, 0.717) is 16.2 Å². The van der Waals surface area contributed by atoms with E-state index in [-0.39, 0.29) is 12.5 Å². The van der Waals surface area contributed by atoms with Gasteiger partial charge in [-0.3, -0.25) is 24.1 Å². The first-order valence-corrected chi connectivity index (χ1v) is 9.47. The zero-order chi connectivity index (χ0) is 21.1. The fraction of sp³-hybridized carbons (Fsp3) is 0.211. The van der Waals surface area contributed by atoms with Gasteiger partial charge in [-0.2, -0.15) is 0 Å². The van der Waals surface area contributed by atoms with Crippen LogP contribution in [0.2, 0.25) is 0 Å². The predicted molar refractivity (Wildman–Crippen MR) is 105 cm³/mol. The minimum atomic E-state index is -1.04. The number of carbonyl (C=O) groups is 5. The molecule has 1 N–H and O–H groups in total. The second-order valence-electron chi connectivity index (χ2n) is 6.47. The number of hydrogen-bond acceptors (Lipinski definition) is 6. The number of anilines is 1. The van der Waals surface area contributed by atoms with Crippen molar-refractivity contribution in [3.63, 3.8) is 0 Å². The van der Waals surface area contributed by atoms with E-state index in [1.54, 1.807) is 49.8 Å². The molecule has 1 aromatic carbocycles. The number of nitrogens with zero attached hydrogens (tertiary/aromatic N) is 3. The Bertz CT molecular complexity index is 986. The lowest BCUT2D eigenvalue weighted by atomic mass is 10.2. The van der Waals surface area contributed by atoms with E-state index in [9.17, 15) is 24.0 Å². The molecule has 6 amide bonds. The van der Waals surface area contributed by atoms with Gasteiger partial charge in [0.05, 0.1) is 6.54 Å². The molecule has 1 aromatic heterocycles. The largest absolute Gasteiger partial charge is 0.345 e. The summed E-state index contributed by atoms with van der Waals surface area (Å²) in [7, 11) is 3.22. The molecule has 1 saturated heterocycles. The molecule has 0 spiro atoms. The molecule has 9 nitrogen and oxygen atoms in total. The molecule has 1 fully saturated rings. The Morgan fingerprint density at radius 2 is 1.76 bits per heavy atom. The molecule has 10 heteroatoms. The second-order valence-corrected chi connectivity index (χ2v) is 7.51. The third-order valence-corrected chi connectivity index (χ3v) is 4.99. The van der Waals surface area contributed by atoms with Gasteiger partial charge in [0.25, 0.3) is 5.91 Å². The van der Waals surface area contributed by atoms with Gasteiger partial charge in [0.2, 0.25) is 5.91 Å². The van der Waals surface area contributed by atoms with Crippen molar-refractivity contribution in [2.75, 3.05) is 26.0 Å². The van der Waals surface area contributed by atoms with Crippen molar-refractivity contribution < 1.29 is 24.0 Å². The molecule has 150 valence electrons. The number of urea groups is 1. The Balaban J connectivity index is 1.67. The topological polar surface area (TPSA) is 107 Å². The third-order valence-electron chi connectivity index (χ3n) is 4.13. The van der Waals surface area contributed by atoms with Crippen molar-refractivity contribution in [3.8, 4) is 0 Å². The average Bonchev–Trinajstić information content (AvgIpc) is 3.27. The molecule has 2 heterocycles. The summed E-state index contributed by atoms with van der Waals surface area (Å²) in [4.78, 5) is 64.6. The van der Waals surface area contributed by atoms with Gasteiger partial charge in [0.15, 0.2) is 0 Å². The predicted octanol–water partition coefficient (Wildman–Crippen LogP) is 1.38. The highest BCUT2D eigenvalue weighted by atomic mass is 32.1. The molecular weight excluding hydrogens is 396 g/mol. The first-order chi connectivity index (χ1) is 13.8. The zero-order valence-corrected chi connectivity index (χ0v) is 16.6. The van der Waals surface area contributed by atoms with E-state index < -0.39 is 30.3 Å². The number of benzene rings is 1. The molecule has 0 atom stereocenters. The average molecular weight is 414 g/mol. The number of hydrogen-bond donors (Lipinski definition) is 1. The van der Waals surface area contributed by atoms with Gasteiger partial charge >= 0.3 is 17.8 Å². The highest BCUT2D eigenvalue weighted by Crippen LogP contribution is 2.19. The summed E-state index contributed by atoms with van der Waals surface area (Å²) in [5.41, 5.74) is 0.710. The van der Waals surface area contributed by atoms with Crippen LogP contribution >= 0.6 is 11.3 Å². The normalized spacial score (nSPS) is 13.8. The van der Waals surface area contributed by atoms with Crippen LogP contribution in [0.15, 0.2) is 41.8 Å². The van der Waals surface area contributed by atoms with Crippen LogP contribution in [0.1, 0.15) is 15.2 Å². The maximum Gasteiger partial charge on any atom is 0.335 e. The maximum absolute atomic E-state index is 12.4. The molecule has 0 aliphatic carbocycles. The Labute approximate surface area is 170 Å². The number of carbonyl (C=O) groups excluding carboxylic acids is 5. The van der Waals surface area contributed by atoms with E-state index in [2.05, 4.69) is 5.32 Å². The lowest BCUT2D eigenvalue weighted by Gasteiger charge is -2.15. The molecule has 0 bridgehead atoms. The quantitative estimate of drug-likeness (QED) is 0.568. The van der Waals surface area contributed by atoms with Crippen molar-refractivity contribution in [1.82, 2.24) is 14.7 Å². The fourth-order valence-electron chi connectivity index (χ4n) is 2.72. The summed E-state index contributed by atoms with van der Waals surface area (Å²) in [6.45, 7) is -0.621. The highest BCUT2D eigenvalue weighted by Gasteiger charge is 2.45. The first kappa shape index (κ1) is 20.2. The Morgan fingerprint density at radius 3 is 2.41 bits per heavy atom. The van der Waals surface area contributed by atoms with E-state index >= 15 is 0 Å². The molecule has 3 rings (SSSR count). The van der Waals surface area contributed by atoms with Gasteiger partial charge in [0, 0.05) is 30.2 Å². The van der Waals surface area contributed by atoms with E-state index in [1.807, 2.05) is 0 Å². The van der Waals surface area contributed by atoms with E-state index in [4.69, 9.17) is 0 Å². The van der Waals surface area contributed by atoms with Crippen molar-refractivity contribution >= 4 is 46.7 Å². The van der Waals surface area contributed by atoms with Gasteiger partial charge in [-0.15, -0.1) is 11.3 Å². The molecule has 1 aliphatic heterocycles. The van der Waals surface area contributed by atoms with E-state index in [0.717, 1.165) is 9.78 Å². The van der Waals surface area contributed by atoms with Gasteiger partial charge in [-0.1, -0.05) is 12.1 Å². The lowest BCUT2D eigenvalue weighted by Crippen LogP contribution is -2.38. The summed E-state index contributed by atoms with van der Waals surface area (Å²) < 4.78 is 0. The highest BCUT2D eigenvalue weighted by molar-refractivity contribution is 7.09. The maximum atomic E-state index is 12.4. The number of rotatable bonds is 6. The van der Waals surface area contributed by atoms with Crippen LogP contribution < -0.4 is 5.32 Å². The van der Waals surface area contributed by atoms with Gasteiger partial charge in [-0.05, 0) is 29.6 Å². The second kappa shape index (κ2) is 8.23. The number of imide groups is 2. The number of amides is 6. The van der Waals surface area contributed by atoms with Crippen molar-refractivity contribution in [2.45, 2.75) is 6.54 Å². The molecule has 0 saturated carbocycles. The molecule has 2 aromatic rings. The molecule has 0 unspecified atom stereocenters. The third kappa shape index (κ3) is 4.32. The molecule has 29 heavy (non-hydrogen) atoms. The van der Waals surface area contributed by atoms with Crippen LogP contribution in [0.3, 0.4) is 0 Å². The summed E-state index contributed by atoms with van der Waals surface area (Å²) in [5.74, 6) is -2.90. The minimum absolute atomic E-state index is 0.0200. The standard InChI is InChI=1S/C19H18N4O5S/c1-21(2)16(25)12-5-3-6-13(9-12)20-15(24)11-23-18(27)17(26)22(19(23)28)10-14-7-4-8-29-14/h3-9H,10-11H2,1-2H3,(H,20,24). The number of nitrogens with one attached hydrogen (secondary N) is 1. The van der Waals surface area contributed by atoms with Gasteiger partial charge in [0.1, 0.15) is 6.54 Å². The van der Waals surface area contributed by atoms with Gasteiger partial charge in [-0.25, -0.2) is 9.69 Å². The van der Waals surface area contributed by atoms with E-state index in [1.165, 1.54) is 22.3 Å². The van der Waals surface area contributed by atoms with Crippen LogP contribution in [0.25, 0.3) is 0 Å². The van der Waals surface area contributed by atoms with Crippen LogP contribution in [0, 0.1) is 0 Å². The fourth-order valence-corrected chi connectivity index (χ4v) is 3.41. The molecular formula is C19H18N4O5S. The number of thiophene rings is 1. The minimum Gasteiger partial charge on any atom is -0.345 e. The van der Waals surface area contributed by atoms with Crippen LogP contribution in [-0.2, 0) is 20.9 Å². The Kier molecular flexibility index (Phi) is 5.74.